The summed E-state index contributed by atoms with van der Waals surface area (Å²) in [6, 6.07) is 0. The zero-order valence-corrected chi connectivity index (χ0v) is 11.5. The van der Waals surface area contributed by atoms with Crippen molar-refractivity contribution in [1.82, 2.24) is 9.97 Å². The van der Waals surface area contributed by atoms with Gasteiger partial charge >= 0.3 is 5.69 Å². The lowest BCUT2D eigenvalue weighted by molar-refractivity contribution is 0.0831. The van der Waals surface area contributed by atoms with Gasteiger partial charge in [0, 0.05) is 16.0 Å². The molecule has 1 atom stereocenters. The van der Waals surface area contributed by atoms with Crippen LogP contribution in [0.3, 0.4) is 0 Å². The zero-order valence-electron chi connectivity index (χ0n) is 7.76. The number of hydrogen-bond acceptors (Lipinski definition) is 3. The van der Waals surface area contributed by atoms with Gasteiger partial charge in [0.05, 0.1) is 18.3 Å². The highest BCUT2D eigenvalue weighted by molar-refractivity contribution is 14.1. The summed E-state index contributed by atoms with van der Waals surface area (Å²) in [5, 5.41) is 0.710. The third kappa shape index (κ3) is 3.72. The number of ether oxygens (including phenoxy) is 1. The van der Waals surface area contributed by atoms with E-state index in [1.807, 2.05) is 0 Å². The second-order valence-electron chi connectivity index (χ2n) is 2.73. The van der Waals surface area contributed by atoms with E-state index in [4.69, 9.17) is 4.74 Å². The van der Waals surface area contributed by atoms with Gasteiger partial charge in [-0.1, -0.05) is 38.5 Å². The Hall–Kier alpha value is -0.150. The summed E-state index contributed by atoms with van der Waals surface area (Å²) in [4.78, 5) is 26.8. The predicted molar refractivity (Wildman–Crippen MR) is 69.1 cm³/mol. The minimum absolute atomic E-state index is 0.288. The van der Waals surface area contributed by atoms with Crippen molar-refractivity contribution >= 4 is 38.5 Å². The average Bonchev–Trinajstić information content (AvgIpc) is 2.21. The second kappa shape index (κ2) is 6.44. The Morgan fingerprint density at radius 1 is 1.53 bits per heavy atom. The monoisotopic (exact) mass is 388 g/mol. The highest BCUT2D eigenvalue weighted by Gasteiger charge is 2.14. The van der Waals surface area contributed by atoms with Gasteiger partial charge in [-0.05, 0) is 0 Å². The van der Waals surface area contributed by atoms with Crippen LogP contribution in [0.1, 0.15) is 11.7 Å². The fraction of sp³-hybridized carbons (Fsp3) is 0.500. The molecule has 1 aromatic heterocycles. The van der Waals surface area contributed by atoms with E-state index >= 15 is 0 Å². The summed E-state index contributed by atoms with van der Waals surface area (Å²) in [5.74, 6) is 0. The Bertz CT molecular complexity index is 417. The van der Waals surface area contributed by atoms with Gasteiger partial charge in [0.2, 0.25) is 0 Å². The molecular formula is C8H10BrIN2O3. The zero-order chi connectivity index (χ0) is 11.3. The Morgan fingerprint density at radius 3 is 2.80 bits per heavy atom. The maximum absolute atomic E-state index is 11.4. The highest BCUT2D eigenvalue weighted by Crippen LogP contribution is 2.15. The van der Waals surface area contributed by atoms with E-state index in [-0.39, 0.29) is 6.10 Å². The van der Waals surface area contributed by atoms with Gasteiger partial charge in [-0.2, -0.15) is 0 Å². The summed E-state index contributed by atoms with van der Waals surface area (Å²) in [5.41, 5.74) is -0.448. The quantitative estimate of drug-likeness (QED) is 0.582. The number of alkyl halides is 2. The molecule has 5 nitrogen and oxygen atoms in total. The fourth-order valence-electron chi connectivity index (χ4n) is 1.06. The largest absolute Gasteiger partial charge is 0.372 e. The van der Waals surface area contributed by atoms with Crippen LogP contribution in [0.4, 0.5) is 0 Å². The lowest BCUT2D eigenvalue weighted by atomic mass is 10.2. The molecule has 84 valence electrons. The molecule has 0 saturated heterocycles. The molecule has 0 aromatic carbocycles. The van der Waals surface area contributed by atoms with Crippen LogP contribution in [-0.2, 0) is 4.74 Å². The van der Waals surface area contributed by atoms with Crippen molar-refractivity contribution in [3.63, 3.8) is 0 Å². The number of aromatic amines is 2. The van der Waals surface area contributed by atoms with Gasteiger partial charge < -0.3 is 9.72 Å². The molecule has 0 aliphatic heterocycles. The van der Waals surface area contributed by atoms with Crippen molar-refractivity contribution in [3.05, 3.63) is 32.6 Å². The van der Waals surface area contributed by atoms with Crippen molar-refractivity contribution in [2.45, 2.75) is 6.10 Å². The molecule has 0 aliphatic carbocycles. The summed E-state index contributed by atoms with van der Waals surface area (Å²) >= 11 is 5.37. The first kappa shape index (κ1) is 12.9. The normalized spacial score (nSPS) is 12.7. The molecule has 0 aliphatic rings. The molecule has 0 radical (unpaired) electrons. The smallest absolute Gasteiger partial charge is 0.325 e. The first-order chi connectivity index (χ1) is 7.19. The van der Waals surface area contributed by atoms with Crippen LogP contribution in [0.15, 0.2) is 15.8 Å². The van der Waals surface area contributed by atoms with Crippen LogP contribution in [0.25, 0.3) is 0 Å². The van der Waals surface area contributed by atoms with E-state index in [1.165, 1.54) is 6.20 Å². The molecule has 1 aromatic rings. The molecule has 2 N–H and O–H groups in total. The number of nitrogens with one attached hydrogen (secondary N) is 2. The maximum atomic E-state index is 11.4. The molecule has 0 amide bonds. The number of H-pyrrole nitrogens is 2. The van der Waals surface area contributed by atoms with Crippen molar-refractivity contribution in [3.8, 4) is 0 Å². The van der Waals surface area contributed by atoms with Gasteiger partial charge in [-0.15, -0.1) is 0 Å². The van der Waals surface area contributed by atoms with Gasteiger partial charge in [0.15, 0.2) is 0 Å². The van der Waals surface area contributed by atoms with Crippen molar-refractivity contribution in [2.24, 2.45) is 0 Å². The van der Waals surface area contributed by atoms with Crippen LogP contribution < -0.4 is 11.2 Å². The molecule has 0 spiro atoms. The van der Waals surface area contributed by atoms with Gasteiger partial charge in [-0.25, -0.2) is 4.79 Å². The van der Waals surface area contributed by atoms with E-state index in [0.29, 0.717) is 21.9 Å². The van der Waals surface area contributed by atoms with E-state index in [1.54, 1.807) is 0 Å². The van der Waals surface area contributed by atoms with Crippen LogP contribution in [0.5, 0.6) is 0 Å². The Balaban J connectivity index is 2.91. The SMILES string of the molecule is O=c1[nH]cc(C(CI)OCCBr)c(=O)[nH]1. The molecule has 1 unspecified atom stereocenters. The predicted octanol–water partition coefficient (Wildman–Crippen LogP) is 0.951. The second-order valence-corrected chi connectivity index (χ2v) is 4.40. The maximum Gasteiger partial charge on any atom is 0.325 e. The minimum Gasteiger partial charge on any atom is -0.372 e. The molecule has 15 heavy (non-hydrogen) atoms. The molecule has 1 rings (SSSR count). The summed E-state index contributed by atoms with van der Waals surface area (Å²) in [6.45, 7) is 0.520. The van der Waals surface area contributed by atoms with E-state index in [2.05, 4.69) is 48.5 Å². The van der Waals surface area contributed by atoms with Crippen molar-refractivity contribution < 1.29 is 4.74 Å². The fourth-order valence-corrected chi connectivity index (χ4v) is 1.98. The third-order valence-corrected chi connectivity index (χ3v) is 2.85. The number of rotatable bonds is 5. The van der Waals surface area contributed by atoms with Gasteiger partial charge in [0.25, 0.3) is 5.56 Å². The Labute approximate surface area is 108 Å². The molecule has 0 fully saturated rings. The van der Waals surface area contributed by atoms with Gasteiger partial charge in [-0.3, -0.25) is 9.78 Å². The van der Waals surface area contributed by atoms with Crippen LogP contribution in [-0.4, -0.2) is 26.3 Å². The van der Waals surface area contributed by atoms with Crippen LogP contribution in [0.2, 0.25) is 0 Å². The lowest BCUT2D eigenvalue weighted by Crippen LogP contribution is -2.27. The molecule has 0 bridgehead atoms. The lowest BCUT2D eigenvalue weighted by Gasteiger charge is -2.13. The van der Waals surface area contributed by atoms with E-state index < -0.39 is 11.2 Å². The average molecular weight is 389 g/mol. The molecule has 7 heteroatoms. The molecule has 1 heterocycles. The Morgan fingerprint density at radius 2 is 2.27 bits per heavy atom. The molecular weight excluding hydrogens is 379 g/mol. The van der Waals surface area contributed by atoms with Gasteiger partial charge in [0.1, 0.15) is 0 Å². The standard InChI is InChI=1S/C8H10BrIN2O3/c9-1-2-15-6(3-10)5-4-11-8(14)12-7(5)13/h4,6H,1-3H2,(H2,11,12,13,14). The van der Waals surface area contributed by atoms with Crippen LogP contribution in [0, 0.1) is 0 Å². The number of aromatic nitrogens is 2. The minimum atomic E-state index is -0.503. The summed E-state index contributed by atoms with van der Waals surface area (Å²) < 4.78 is 6.10. The molecule has 0 saturated carbocycles. The topological polar surface area (TPSA) is 75.0 Å². The van der Waals surface area contributed by atoms with E-state index in [9.17, 15) is 9.59 Å². The number of halogens is 2. The first-order valence-corrected chi connectivity index (χ1v) is 6.89. The van der Waals surface area contributed by atoms with E-state index in [0.717, 1.165) is 0 Å². The highest BCUT2D eigenvalue weighted by atomic mass is 127. The van der Waals surface area contributed by atoms with Crippen LogP contribution >= 0.6 is 38.5 Å². The van der Waals surface area contributed by atoms with Crippen molar-refractivity contribution in [1.29, 1.82) is 0 Å². The summed E-state index contributed by atoms with van der Waals surface area (Å²) in [6.07, 6.45) is 1.11. The first-order valence-electron chi connectivity index (χ1n) is 4.24. The summed E-state index contributed by atoms with van der Waals surface area (Å²) in [7, 11) is 0. The number of hydrogen-bond donors (Lipinski definition) is 2. The Kier molecular flexibility index (Phi) is 5.54. The third-order valence-electron chi connectivity index (χ3n) is 1.73. The van der Waals surface area contributed by atoms with Crippen molar-refractivity contribution in [2.75, 3.05) is 16.4 Å².